The van der Waals surface area contributed by atoms with Gasteiger partial charge in [0.15, 0.2) is 0 Å². The van der Waals surface area contributed by atoms with Crippen molar-refractivity contribution in [3.63, 3.8) is 0 Å². The van der Waals surface area contributed by atoms with E-state index in [1.807, 2.05) is 6.07 Å². The molecule has 144 valence electrons. The van der Waals surface area contributed by atoms with Crippen molar-refractivity contribution in [2.75, 3.05) is 0 Å². The van der Waals surface area contributed by atoms with E-state index in [9.17, 15) is 5.11 Å². The number of phenolic OH excluding ortho intramolecular Hbond substituents is 1. The molecule has 1 nitrogen and oxygen atoms in total. The molecule has 0 saturated carbocycles. The molecule has 25 heavy (non-hydrogen) atoms. The number of hydrogen-bond acceptors (Lipinski definition) is 1. The van der Waals surface area contributed by atoms with Crippen molar-refractivity contribution in [3.8, 4) is 5.75 Å². The normalized spacial score (nSPS) is 11.1. The number of unbranched alkanes of at least 4 members (excludes halogenated alkanes) is 12. The molecule has 0 unspecified atom stereocenters. The summed E-state index contributed by atoms with van der Waals surface area (Å²) in [5, 5.41) is 10.0. The summed E-state index contributed by atoms with van der Waals surface area (Å²) in [6.07, 6.45) is 21.1. The maximum atomic E-state index is 10.0. The molecule has 0 aliphatic heterocycles. The largest absolute Gasteiger partial charge is 0.508 e. The van der Waals surface area contributed by atoms with Gasteiger partial charge in [0, 0.05) is 0 Å². The van der Waals surface area contributed by atoms with Gasteiger partial charge in [0.1, 0.15) is 5.75 Å². The van der Waals surface area contributed by atoms with Crippen molar-refractivity contribution in [3.05, 3.63) is 29.3 Å². The molecular formula is C24H42O. The van der Waals surface area contributed by atoms with Gasteiger partial charge in [-0.15, -0.1) is 0 Å². The Balaban J connectivity index is 2.11. The Morgan fingerprint density at radius 2 is 1.08 bits per heavy atom. The molecule has 0 radical (unpaired) electrons. The van der Waals surface area contributed by atoms with Crippen molar-refractivity contribution in [2.24, 2.45) is 0 Å². The lowest BCUT2D eigenvalue weighted by molar-refractivity contribution is 0.466. The first-order chi connectivity index (χ1) is 12.3. The maximum Gasteiger partial charge on any atom is 0.118 e. The molecule has 1 aromatic rings. The summed E-state index contributed by atoms with van der Waals surface area (Å²) in [6.45, 7) is 4.52. The lowest BCUT2D eigenvalue weighted by Crippen LogP contribution is -1.92. The van der Waals surface area contributed by atoms with Gasteiger partial charge in [0.05, 0.1) is 0 Å². The van der Waals surface area contributed by atoms with E-state index in [-0.39, 0.29) is 0 Å². The molecule has 0 spiro atoms. The minimum atomic E-state index is 0.489. The first kappa shape index (κ1) is 22.1. The Bertz CT molecular complexity index is 424. The fourth-order valence-corrected chi connectivity index (χ4v) is 3.55. The molecule has 1 N–H and O–H groups in total. The summed E-state index contributed by atoms with van der Waals surface area (Å²) in [7, 11) is 0. The zero-order valence-electron chi connectivity index (χ0n) is 17.0. The molecule has 0 amide bonds. The minimum absolute atomic E-state index is 0.489. The molecule has 0 aromatic heterocycles. The lowest BCUT2D eigenvalue weighted by Gasteiger charge is -2.08. The zero-order valence-corrected chi connectivity index (χ0v) is 17.0. The Morgan fingerprint density at radius 3 is 1.68 bits per heavy atom. The molecule has 0 saturated heterocycles. The number of hydrogen-bond donors (Lipinski definition) is 1. The first-order valence-electron chi connectivity index (χ1n) is 11.1. The fraction of sp³-hybridized carbons (Fsp3) is 0.750. The third-order valence-corrected chi connectivity index (χ3v) is 5.26. The summed E-state index contributed by atoms with van der Waals surface area (Å²) in [5.74, 6) is 0.489. The molecule has 0 aliphatic carbocycles. The molecular weight excluding hydrogens is 304 g/mol. The second kappa shape index (κ2) is 15.3. The highest BCUT2D eigenvalue weighted by Crippen LogP contribution is 2.22. The number of phenols is 1. The number of aryl methyl sites for hydroxylation is 2. The van der Waals surface area contributed by atoms with Crippen LogP contribution < -0.4 is 0 Å². The van der Waals surface area contributed by atoms with Gasteiger partial charge < -0.3 is 5.11 Å². The number of rotatable bonds is 16. The average molecular weight is 347 g/mol. The van der Waals surface area contributed by atoms with E-state index in [4.69, 9.17) is 0 Å². The highest BCUT2D eigenvalue weighted by molar-refractivity contribution is 5.36. The minimum Gasteiger partial charge on any atom is -0.508 e. The summed E-state index contributed by atoms with van der Waals surface area (Å²) in [5.41, 5.74) is 2.56. The van der Waals surface area contributed by atoms with Crippen LogP contribution in [0.3, 0.4) is 0 Å². The van der Waals surface area contributed by atoms with Gasteiger partial charge in [-0.05, 0) is 42.9 Å². The van der Waals surface area contributed by atoms with Gasteiger partial charge >= 0.3 is 0 Å². The lowest BCUT2D eigenvalue weighted by atomic mass is 9.99. The standard InChI is InChI=1S/C24H42O/c1-3-5-7-9-10-11-12-13-14-15-17-22-19-20-24(25)23(21-22)18-16-8-6-4-2/h19-21,25H,3-18H2,1-2H3. The zero-order chi connectivity index (χ0) is 18.2. The maximum absolute atomic E-state index is 10.0. The summed E-state index contributed by atoms with van der Waals surface area (Å²) in [4.78, 5) is 0. The van der Waals surface area contributed by atoms with E-state index in [1.54, 1.807) is 0 Å². The van der Waals surface area contributed by atoms with Gasteiger partial charge in [-0.25, -0.2) is 0 Å². The number of benzene rings is 1. The van der Waals surface area contributed by atoms with Crippen LogP contribution in [0.5, 0.6) is 5.75 Å². The van der Waals surface area contributed by atoms with Crippen molar-refractivity contribution in [2.45, 2.75) is 117 Å². The topological polar surface area (TPSA) is 20.2 Å². The van der Waals surface area contributed by atoms with Crippen molar-refractivity contribution in [1.82, 2.24) is 0 Å². The fourth-order valence-electron chi connectivity index (χ4n) is 3.55. The van der Waals surface area contributed by atoms with E-state index in [0.29, 0.717) is 5.75 Å². The highest BCUT2D eigenvalue weighted by atomic mass is 16.3. The quantitative estimate of drug-likeness (QED) is 0.301. The molecule has 1 heteroatoms. The monoisotopic (exact) mass is 346 g/mol. The van der Waals surface area contributed by atoms with E-state index >= 15 is 0 Å². The van der Waals surface area contributed by atoms with E-state index in [2.05, 4.69) is 26.0 Å². The van der Waals surface area contributed by atoms with Gasteiger partial charge in [0.2, 0.25) is 0 Å². The van der Waals surface area contributed by atoms with Crippen molar-refractivity contribution in [1.29, 1.82) is 0 Å². The second-order valence-electron chi connectivity index (χ2n) is 7.71. The summed E-state index contributed by atoms with van der Waals surface area (Å²) < 4.78 is 0. The SMILES string of the molecule is CCCCCCCCCCCCc1ccc(O)c(CCCCCC)c1. The van der Waals surface area contributed by atoms with Crippen LogP contribution in [0.1, 0.15) is 115 Å². The third kappa shape index (κ3) is 11.3. The van der Waals surface area contributed by atoms with Crippen molar-refractivity contribution < 1.29 is 5.11 Å². The second-order valence-corrected chi connectivity index (χ2v) is 7.71. The van der Waals surface area contributed by atoms with Crippen LogP contribution in [-0.4, -0.2) is 5.11 Å². The molecule has 0 aliphatic rings. The van der Waals surface area contributed by atoms with Crippen LogP contribution in [0.2, 0.25) is 0 Å². The van der Waals surface area contributed by atoms with E-state index in [1.165, 1.54) is 102 Å². The molecule has 1 rings (SSSR count). The average Bonchev–Trinajstić information content (AvgIpc) is 2.62. The Hall–Kier alpha value is -0.980. The van der Waals surface area contributed by atoms with Crippen LogP contribution in [0, 0.1) is 0 Å². The summed E-state index contributed by atoms with van der Waals surface area (Å²) >= 11 is 0. The van der Waals surface area contributed by atoms with Gasteiger partial charge in [-0.2, -0.15) is 0 Å². The Labute approximate surface area is 157 Å². The van der Waals surface area contributed by atoms with Gasteiger partial charge in [-0.1, -0.05) is 103 Å². The van der Waals surface area contributed by atoms with Gasteiger partial charge in [-0.3, -0.25) is 0 Å². The van der Waals surface area contributed by atoms with E-state index < -0.39 is 0 Å². The molecule has 0 bridgehead atoms. The van der Waals surface area contributed by atoms with Crippen LogP contribution in [0.15, 0.2) is 18.2 Å². The van der Waals surface area contributed by atoms with Crippen LogP contribution in [-0.2, 0) is 12.8 Å². The molecule has 0 heterocycles. The summed E-state index contributed by atoms with van der Waals surface area (Å²) in [6, 6.07) is 6.26. The van der Waals surface area contributed by atoms with Crippen LogP contribution >= 0.6 is 0 Å². The molecule has 0 atom stereocenters. The van der Waals surface area contributed by atoms with Crippen molar-refractivity contribution >= 4 is 0 Å². The number of aromatic hydroxyl groups is 1. The predicted octanol–water partition coefficient (Wildman–Crippen LogP) is 7.98. The first-order valence-corrected chi connectivity index (χ1v) is 11.1. The van der Waals surface area contributed by atoms with E-state index in [0.717, 1.165) is 12.0 Å². The predicted molar refractivity (Wildman–Crippen MR) is 112 cm³/mol. The Kier molecular flexibility index (Phi) is 13.5. The Morgan fingerprint density at radius 1 is 0.600 bits per heavy atom. The molecule has 0 fully saturated rings. The third-order valence-electron chi connectivity index (χ3n) is 5.26. The molecule has 1 aromatic carbocycles. The van der Waals surface area contributed by atoms with Gasteiger partial charge in [0.25, 0.3) is 0 Å². The smallest absolute Gasteiger partial charge is 0.118 e. The van der Waals surface area contributed by atoms with Crippen LogP contribution in [0.25, 0.3) is 0 Å². The highest BCUT2D eigenvalue weighted by Gasteiger charge is 2.03. The van der Waals surface area contributed by atoms with Crippen LogP contribution in [0.4, 0.5) is 0 Å².